The van der Waals surface area contributed by atoms with Crippen LogP contribution in [-0.4, -0.2) is 5.91 Å². The molecule has 0 bridgehead atoms. The Hall–Kier alpha value is -1.31. The normalized spacial score (nSPS) is 12.6. The first-order valence-corrected chi connectivity index (χ1v) is 5.37. The maximum Gasteiger partial charge on any atom is 0.217 e. The van der Waals surface area contributed by atoms with Gasteiger partial charge in [-0.05, 0) is 24.0 Å². The largest absolute Gasteiger partial charge is 0.350 e. The molecule has 0 aliphatic heterocycles. The number of amides is 1. The van der Waals surface area contributed by atoms with E-state index in [9.17, 15) is 4.79 Å². The second-order valence-corrected chi connectivity index (χ2v) is 4.24. The monoisotopic (exact) mass is 205 g/mol. The molecule has 2 heteroatoms. The van der Waals surface area contributed by atoms with Crippen molar-refractivity contribution in [1.29, 1.82) is 0 Å². The van der Waals surface area contributed by atoms with E-state index in [0.29, 0.717) is 5.92 Å². The Labute approximate surface area is 91.7 Å². The van der Waals surface area contributed by atoms with Crippen LogP contribution in [-0.2, 0) is 4.79 Å². The number of rotatable bonds is 3. The third-order valence-electron chi connectivity index (χ3n) is 2.52. The van der Waals surface area contributed by atoms with Gasteiger partial charge in [0, 0.05) is 6.92 Å². The van der Waals surface area contributed by atoms with Gasteiger partial charge in [0.25, 0.3) is 0 Å². The molecule has 1 N–H and O–H groups in total. The van der Waals surface area contributed by atoms with E-state index >= 15 is 0 Å². The molecular formula is C13H19NO. The van der Waals surface area contributed by atoms with Crippen LogP contribution >= 0.6 is 0 Å². The predicted octanol–water partition coefficient (Wildman–Crippen LogP) is 3.01. The van der Waals surface area contributed by atoms with Crippen LogP contribution in [0.1, 0.15) is 50.8 Å². The topological polar surface area (TPSA) is 29.1 Å². The lowest BCUT2D eigenvalue weighted by Gasteiger charge is -2.14. The third-order valence-corrected chi connectivity index (χ3v) is 2.52. The van der Waals surface area contributed by atoms with Crippen LogP contribution in [0.3, 0.4) is 0 Å². The van der Waals surface area contributed by atoms with Gasteiger partial charge in [0.05, 0.1) is 6.04 Å². The zero-order valence-corrected chi connectivity index (χ0v) is 9.87. The highest BCUT2D eigenvalue weighted by Crippen LogP contribution is 2.18. The summed E-state index contributed by atoms with van der Waals surface area (Å²) in [6.45, 7) is 7.88. The Morgan fingerprint density at radius 2 is 1.53 bits per heavy atom. The van der Waals surface area contributed by atoms with Crippen LogP contribution in [0.4, 0.5) is 0 Å². The van der Waals surface area contributed by atoms with Crippen molar-refractivity contribution in [3.05, 3.63) is 35.4 Å². The molecule has 82 valence electrons. The average molecular weight is 205 g/mol. The van der Waals surface area contributed by atoms with Crippen LogP contribution in [0.25, 0.3) is 0 Å². The van der Waals surface area contributed by atoms with Gasteiger partial charge in [-0.2, -0.15) is 0 Å². The molecule has 1 rings (SSSR count). The van der Waals surface area contributed by atoms with E-state index < -0.39 is 0 Å². The zero-order valence-electron chi connectivity index (χ0n) is 9.87. The van der Waals surface area contributed by atoms with Crippen LogP contribution in [0.5, 0.6) is 0 Å². The maximum atomic E-state index is 10.9. The van der Waals surface area contributed by atoms with E-state index in [4.69, 9.17) is 0 Å². The fourth-order valence-corrected chi connectivity index (χ4v) is 1.56. The van der Waals surface area contributed by atoms with Crippen molar-refractivity contribution >= 4 is 5.91 Å². The molecule has 0 fully saturated rings. The third kappa shape index (κ3) is 3.39. The summed E-state index contributed by atoms with van der Waals surface area (Å²) in [5, 5.41) is 2.87. The molecule has 0 aliphatic carbocycles. The number of carbonyl (C=O) groups is 1. The van der Waals surface area contributed by atoms with Crippen LogP contribution in [0, 0.1) is 0 Å². The van der Waals surface area contributed by atoms with Crippen molar-refractivity contribution in [2.75, 3.05) is 0 Å². The van der Waals surface area contributed by atoms with Gasteiger partial charge in [0.1, 0.15) is 0 Å². The standard InChI is InChI=1S/C13H19NO/c1-9(2)12-5-7-13(8-6-12)10(3)14-11(4)15/h5-10H,1-4H3,(H,14,15)/t10-/m0/s1. The molecule has 1 amide bonds. The van der Waals surface area contributed by atoms with E-state index in [2.05, 4.69) is 43.4 Å². The highest BCUT2D eigenvalue weighted by Gasteiger charge is 2.06. The minimum atomic E-state index is 0.00966. The molecule has 1 aromatic rings. The van der Waals surface area contributed by atoms with Crippen molar-refractivity contribution in [1.82, 2.24) is 5.32 Å². The number of nitrogens with one attached hydrogen (secondary N) is 1. The van der Waals surface area contributed by atoms with Gasteiger partial charge < -0.3 is 5.32 Å². The molecule has 0 saturated carbocycles. The highest BCUT2D eigenvalue weighted by molar-refractivity contribution is 5.73. The Kier molecular flexibility index (Phi) is 3.89. The number of hydrogen-bond donors (Lipinski definition) is 1. The van der Waals surface area contributed by atoms with Crippen molar-refractivity contribution < 1.29 is 4.79 Å². The Balaban J connectivity index is 2.75. The molecule has 0 heterocycles. The molecule has 0 aliphatic rings. The molecule has 0 unspecified atom stereocenters. The fourth-order valence-electron chi connectivity index (χ4n) is 1.56. The smallest absolute Gasteiger partial charge is 0.217 e. The lowest BCUT2D eigenvalue weighted by Crippen LogP contribution is -2.23. The van der Waals surface area contributed by atoms with Gasteiger partial charge in [-0.15, -0.1) is 0 Å². The molecule has 0 aromatic heterocycles. The average Bonchev–Trinajstić information content (AvgIpc) is 2.17. The van der Waals surface area contributed by atoms with Crippen molar-refractivity contribution in [3.8, 4) is 0 Å². The summed E-state index contributed by atoms with van der Waals surface area (Å²) in [6, 6.07) is 8.49. The summed E-state index contributed by atoms with van der Waals surface area (Å²) in [6.07, 6.45) is 0. The van der Waals surface area contributed by atoms with E-state index in [1.165, 1.54) is 5.56 Å². The first kappa shape index (κ1) is 11.8. The summed E-state index contributed by atoms with van der Waals surface area (Å²) >= 11 is 0. The summed E-state index contributed by atoms with van der Waals surface area (Å²) in [7, 11) is 0. The first-order valence-electron chi connectivity index (χ1n) is 5.37. The second kappa shape index (κ2) is 4.96. The van der Waals surface area contributed by atoms with Crippen molar-refractivity contribution in [3.63, 3.8) is 0 Å². The lowest BCUT2D eigenvalue weighted by atomic mass is 10.00. The molecule has 0 saturated heterocycles. The number of benzene rings is 1. The molecule has 2 nitrogen and oxygen atoms in total. The summed E-state index contributed by atoms with van der Waals surface area (Å²) in [4.78, 5) is 10.9. The Bertz CT molecular complexity index is 327. The van der Waals surface area contributed by atoms with Gasteiger partial charge in [0.15, 0.2) is 0 Å². The van der Waals surface area contributed by atoms with Crippen LogP contribution < -0.4 is 5.32 Å². The molecule has 0 spiro atoms. The molecule has 1 atom stereocenters. The van der Waals surface area contributed by atoms with E-state index in [1.807, 2.05) is 6.92 Å². The Morgan fingerprint density at radius 3 is 1.93 bits per heavy atom. The molecule has 0 radical (unpaired) electrons. The highest BCUT2D eigenvalue weighted by atomic mass is 16.1. The fraction of sp³-hybridized carbons (Fsp3) is 0.462. The predicted molar refractivity (Wildman–Crippen MR) is 62.8 cm³/mol. The molecule has 15 heavy (non-hydrogen) atoms. The summed E-state index contributed by atoms with van der Waals surface area (Å²) < 4.78 is 0. The molecule has 1 aromatic carbocycles. The van der Waals surface area contributed by atoms with Gasteiger partial charge in [0.2, 0.25) is 5.91 Å². The van der Waals surface area contributed by atoms with Gasteiger partial charge in [-0.3, -0.25) is 4.79 Å². The maximum absolute atomic E-state index is 10.9. The van der Waals surface area contributed by atoms with Crippen molar-refractivity contribution in [2.45, 2.75) is 39.7 Å². The summed E-state index contributed by atoms with van der Waals surface area (Å²) in [5.41, 5.74) is 2.48. The Morgan fingerprint density at radius 1 is 1.07 bits per heavy atom. The van der Waals surface area contributed by atoms with Crippen LogP contribution in [0.2, 0.25) is 0 Å². The molecular weight excluding hydrogens is 186 g/mol. The second-order valence-electron chi connectivity index (χ2n) is 4.24. The van der Waals surface area contributed by atoms with Crippen LogP contribution in [0.15, 0.2) is 24.3 Å². The van der Waals surface area contributed by atoms with Gasteiger partial charge in [-0.1, -0.05) is 38.1 Å². The first-order chi connectivity index (χ1) is 7.00. The number of hydrogen-bond acceptors (Lipinski definition) is 1. The van der Waals surface area contributed by atoms with Gasteiger partial charge in [-0.25, -0.2) is 0 Å². The lowest BCUT2D eigenvalue weighted by molar-refractivity contribution is -0.119. The van der Waals surface area contributed by atoms with E-state index in [0.717, 1.165) is 5.56 Å². The quantitative estimate of drug-likeness (QED) is 0.807. The van der Waals surface area contributed by atoms with Crippen molar-refractivity contribution in [2.24, 2.45) is 0 Å². The van der Waals surface area contributed by atoms with Gasteiger partial charge >= 0.3 is 0 Å². The minimum absolute atomic E-state index is 0.00966. The summed E-state index contributed by atoms with van der Waals surface area (Å²) in [5.74, 6) is 0.561. The van der Waals surface area contributed by atoms with E-state index in [-0.39, 0.29) is 11.9 Å². The zero-order chi connectivity index (χ0) is 11.4. The number of carbonyl (C=O) groups excluding carboxylic acids is 1. The van der Waals surface area contributed by atoms with E-state index in [1.54, 1.807) is 6.92 Å². The SMILES string of the molecule is CC(=O)N[C@@H](C)c1ccc(C(C)C)cc1. The minimum Gasteiger partial charge on any atom is -0.350 e.